The monoisotopic (exact) mass is 438 g/mol. The first-order valence-electron chi connectivity index (χ1n) is 10.2. The van der Waals surface area contributed by atoms with E-state index in [1.54, 1.807) is 18.1 Å². The molecule has 2 aromatic carbocycles. The number of hydrogen-bond acceptors (Lipinski definition) is 7. The lowest BCUT2D eigenvalue weighted by Crippen LogP contribution is -2.36. The van der Waals surface area contributed by atoms with Crippen molar-refractivity contribution in [2.75, 3.05) is 27.1 Å². The summed E-state index contributed by atoms with van der Waals surface area (Å²) in [4.78, 5) is 20.4. The molecule has 3 heterocycles. The third kappa shape index (κ3) is 4.13. The van der Waals surface area contributed by atoms with Crippen molar-refractivity contribution >= 4 is 34.6 Å². The lowest BCUT2D eigenvalue weighted by Gasteiger charge is -2.19. The largest absolute Gasteiger partial charge is 0.496 e. The Hall–Kier alpha value is -2.97. The molecule has 0 saturated carbocycles. The van der Waals surface area contributed by atoms with Crippen molar-refractivity contribution in [3.8, 4) is 17.2 Å². The van der Waals surface area contributed by atoms with Crippen molar-refractivity contribution in [1.82, 2.24) is 4.90 Å². The summed E-state index contributed by atoms with van der Waals surface area (Å²) in [5, 5.41) is 0.651. The van der Waals surface area contributed by atoms with Crippen molar-refractivity contribution in [3.63, 3.8) is 0 Å². The first kappa shape index (κ1) is 20.0. The molecule has 5 rings (SSSR count). The highest BCUT2D eigenvalue weighted by atomic mass is 32.2. The Morgan fingerprint density at radius 1 is 1.23 bits per heavy atom. The Kier molecular flexibility index (Phi) is 5.57. The van der Waals surface area contributed by atoms with E-state index in [-0.39, 0.29) is 18.8 Å². The van der Waals surface area contributed by atoms with E-state index in [4.69, 9.17) is 23.9 Å². The van der Waals surface area contributed by atoms with E-state index in [1.165, 1.54) is 11.8 Å². The van der Waals surface area contributed by atoms with Crippen molar-refractivity contribution < 1.29 is 23.7 Å². The quantitative estimate of drug-likeness (QED) is 0.652. The first-order valence-corrected chi connectivity index (χ1v) is 11.0. The number of thioether (sulfide) groups is 1. The van der Waals surface area contributed by atoms with Crippen LogP contribution in [-0.2, 0) is 9.53 Å². The minimum absolute atomic E-state index is 0.0324. The fraction of sp³-hybridized carbons (Fsp3) is 0.304. The fourth-order valence-electron chi connectivity index (χ4n) is 3.73. The highest BCUT2D eigenvalue weighted by Crippen LogP contribution is 2.41. The molecule has 7 nitrogen and oxygen atoms in total. The molecule has 2 aromatic rings. The molecular weight excluding hydrogens is 416 g/mol. The van der Waals surface area contributed by atoms with Gasteiger partial charge in [-0.2, -0.15) is 0 Å². The zero-order valence-electron chi connectivity index (χ0n) is 17.1. The lowest BCUT2D eigenvalue weighted by molar-refractivity contribution is -0.123. The number of para-hydroxylation sites is 1. The Bertz CT molecular complexity index is 1050. The van der Waals surface area contributed by atoms with Crippen LogP contribution in [0.1, 0.15) is 18.4 Å². The summed E-state index contributed by atoms with van der Waals surface area (Å²) in [6, 6.07) is 13.3. The number of hydrogen-bond donors (Lipinski definition) is 0. The molecule has 1 amide bonds. The van der Waals surface area contributed by atoms with Gasteiger partial charge in [0.15, 0.2) is 16.7 Å². The lowest BCUT2D eigenvalue weighted by atomic mass is 10.1. The predicted octanol–water partition coefficient (Wildman–Crippen LogP) is 4.21. The summed E-state index contributed by atoms with van der Waals surface area (Å²) >= 11 is 1.36. The van der Waals surface area contributed by atoms with Gasteiger partial charge in [0.25, 0.3) is 5.91 Å². The standard InChI is InChI=1S/C23H22N2O5S/c1-27-18-12-20-19(29-14-30-20)10-15(18)11-21-22(26)25(13-17-8-5-9-28-17)23(31-21)24-16-6-3-2-4-7-16/h2-4,6-7,10-12,17H,5,8-9,13-14H2,1H3/b21-11+,24-23?/t17-/m1/s1. The average molecular weight is 439 g/mol. The second-order valence-electron chi connectivity index (χ2n) is 7.34. The molecule has 8 heteroatoms. The molecule has 160 valence electrons. The van der Waals surface area contributed by atoms with Gasteiger partial charge in [0, 0.05) is 18.2 Å². The Morgan fingerprint density at radius 3 is 2.77 bits per heavy atom. The maximum Gasteiger partial charge on any atom is 0.266 e. The summed E-state index contributed by atoms with van der Waals surface area (Å²) in [5.74, 6) is 1.80. The maximum absolute atomic E-state index is 13.3. The second-order valence-corrected chi connectivity index (χ2v) is 8.35. The number of ether oxygens (including phenoxy) is 4. The summed E-state index contributed by atoms with van der Waals surface area (Å²) < 4.78 is 22.2. The third-order valence-electron chi connectivity index (χ3n) is 5.29. The normalized spacial score (nSPS) is 22.7. The molecule has 0 unspecified atom stereocenters. The van der Waals surface area contributed by atoms with E-state index in [0.717, 1.165) is 30.7 Å². The number of benzene rings is 2. The number of amidine groups is 1. The van der Waals surface area contributed by atoms with Gasteiger partial charge in [-0.25, -0.2) is 4.99 Å². The second kappa shape index (κ2) is 8.64. The van der Waals surface area contributed by atoms with Crippen LogP contribution in [0.2, 0.25) is 0 Å². The van der Waals surface area contributed by atoms with Gasteiger partial charge in [0.2, 0.25) is 6.79 Å². The van der Waals surface area contributed by atoms with Gasteiger partial charge < -0.3 is 18.9 Å². The number of carbonyl (C=O) groups is 1. The van der Waals surface area contributed by atoms with Crippen LogP contribution < -0.4 is 14.2 Å². The van der Waals surface area contributed by atoms with Gasteiger partial charge in [0.05, 0.1) is 30.4 Å². The number of carbonyl (C=O) groups excluding carboxylic acids is 1. The topological polar surface area (TPSA) is 69.6 Å². The molecule has 3 aliphatic rings. The van der Waals surface area contributed by atoms with Crippen molar-refractivity contribution in [1.29, 1.82) is 0 Å². The van der Waals surface area contributed by atoms with Gasteiger partial charge in [-0.05, 0) is 48.9 Å². The number of rotatable bonds is 5. The molecule has 0 spiro atoms. The van der Waals surface area contributed by atoms with Crippen molar-refractivity contribution in [2.24, 2.45) is 4.99 Å². The molecule has 2 fully saturated rings. The minimum Gasteiger partial charge on any atom is -0.496 e. The molecule has 0 N–H and O–H groups in total. The molecule has 31 heavy (non-hydrogen) atoms. The van der Waals surface area contributed by atoms with Crippen LogP contribution in [0.4, 0.5) is 5.69 Å². The van der Waals surface area contributed by atoms with Gasteiger partial charge in [-0.1, -0.05) is 18.2 Å². The highest BCUT2D eigenvalue weighted by molar-refractivity contribution is 8.18. The predicted molar refractivity (Wildman–Crippen MR) is 119 cm³/mol. The third-order valence-corrected chi connectivity index (χ3v) is 6.30. The molecule has 0 aliphatic carbocycles. The van der Waals surface area contributed by atoms with E-state index in [1.807, 2.05) is 42.5 Å². The van der Waals surface area contributed by atoms with Gasteiger partial charge >= 0.3 is 0 Å². The van der Waals surface area contributed by atoms with Gasteiger partial charge in [-0.3, -0.25) is 9.69 Å². The zero-order chi connectivity index (χ0) is 21.2. The number of amides is 1. The van der Waals surface area contributed by atoms with Crippen LogP contribution in [0.25, 0.3) is 6.08 Å². The molecule has 0 bridgehead atoms. The molecule has 3 aliphatic heterocycles. The molecule has 1 atom stereocenters. The van der Waals surface area contributed by atoms with Crippen LogP contribution in [0.5, 0.6) is 17.2 Å². The van der Waals surface area contributed by atoms with Crippen LogP contribution >= 0.6 is 11.8 Å². The van der Waals surface area contributed by atoms with Crippen LogP contribution in [-0.4, -0.2) is 49.1 Å². The number of methoxy groups -OCH3 is 1. The smallest absolute Gasteiger partial charge is 0.266 e. The summed E-state index contributed by atoms with van der Waals surface area (Å²) in [7, 11) is 1.59. The van der Waals surface area contributed by atoms with Crippen LogP contribution in [0, 0.1) is 0 Å². The number of fused-ring (bicyclic) bond motifs is 1. The SMILES string of the molecule is COc1cc2c(cc1/C=C1/SC(=Nc3ccccc3)N(C[C@H]3CCCO3)C1=O)OCO2. The molecule has 0 radical (unpaired) electrons. The Labute approximate surface area is 184 Å². The van der Waals surface area contributed by atoms with Gasteiger partial charge in [-0.15, -0.1) is 0 Å². The molecule has 2 saturated heterocycles. The Morgan fingerprint density at radius 2 is 2.03 bits per heavy atom. The highest BCUT2D eigenvalue weighted by Gasteiger charge is 2.36. The Balaban J connectivity index is 1.49. The zero-order valence-corrected chi connectivity index (χ0v) is 17.9. The number of nitrogens with zero attached hydrogens (tertiary/aromatic N) is 2. The average Bonchev–Trinajstić information content (AvgIpc) is 3.52. The van der Waals surface area contributed by atoms with E-state index >= 15 is 0 Å². The van der Waals surface area contributed by atoms with E-state index in [0.29, 0.717) is 33.9 Å². The maximum atomic E-state index is 13.3. The molecule has 0 aromatic heterocycles. The van der Waals surface area contributed by atoms with E-state index < -0.39 is 0 Å². The first-order chi connectivity index (χ1) is 15.2. The fourth-order valence-corrected chi connectivity index (χ4v) is 4.73. The molecular formula is C23H22N2O5S. The minimum atomic E-state index is -0.0881. The number of aliphatic imine (C=N–C) groups is 1. The van der Waals surface area contributed by atoms with Gasteiger partial charge in [0.1, 0.15) is 5.75 Å². The summed E-state index contributed by atoms with van der Waals surface area (Å²) in [6.45, 7) is 1.41. The summed E-state index contributed by atoms with van der Waals surface area (Å²) in [6.07, 6.45) is 3.82. The van der Waals surface area contributed by atoms with E-state index in [2.05, 4.69) is 0 Å². The van der Waals surface area contributed by atoms with E-state index in [9.17, 15) is 4.79 Å². The van der Waals surface area contributed by atoms with Crippen molar-refractivity contribution in [2.45, 2.75) is 18.9 Å². The van der Waals surface area contributed by atoms with Crippen molar-refractivity contribution in [3.05, 3.63) is 52.9 Å². The van der Waals surface area contributed by atoms with Crippen LogP contribution in [0.15, 0.2) is 52.4 Å². The summed E-state index contributed by atoms with van der Waals surface area (Å²) in [5.41, 5.74) is 1.55. The van der Waals surface area contributed by atoms with Crippen LogP contribution in [0.3, 0.4) is 0 Å².